The number of aryl methyl sites for hydroxylation is 1. The Morgan fingerprint density at radius 3 is 2.76 bits per heavy atom. The Kier molecular flexibility index (Phi) is 12.3. The van der Waals surface area contributed by atoms with Crippen LogP contribution in [0.2, 0.25) is 0 Å². The van der Waals surface area contributed by atoms with Gasteiger partial charge >= 0.3 is 0 Å². The van der Waals surface area contributed by atoms with E-state index in [0.29, 0.717) is 61.3 Å². The van der Waals surface area contributed by atoms with Crippen molar-refractivity contribution in [2.45, 2.75) is 95.9 Å². The first kappa shape index (κ1) is 36.3. The van der Waals surface area contributed by atoms with Crippen molar-refractivity contribution in [3.05, 3.63) is 46.0 Å². The number of aliphatic imine (C=N–C) groups is 1. The van der Waals surface area contributed by atoms with Crippen molar-refractivity contribution >= 4 is 11.7 Å². The van der Waals surface area contributed by atoms with Crippen LogP contribution in [0.4, 0.5) is 0 Å². The van der Waals surface area contributed by atoms with Crippen LogP contribution in [0, 0.1) is 23.7 Å². The molecule has 1 aliphatic heterocycles. The molecule has 0 amide bonds. The predicted molar refractivity (Wildman–Crippen MR) is 188 cm³/mol. The number of methoxy groups -OCH3 is 1. The topological polar surface area (TPSA) is 168 Å². The van der Waals surface area contributed by atoms with Gasteiger partial charge in [-0.25, -0.2) is 0 Å². The van der Waals surface area contributed by atoms with Crippen LogP contribution in [0.1, 0.15) is 98.4 Å². The fourth-order valence-electron chi connectivity index (χ4n) is 7.46. The number of rotatable bonds is 9. The number of aliphatic hydroxyl groups excluding tert-OH is 2. The molecule has 0 unspecified atom stereocenters. The molecule has 0 saturated heterocycles. The van der Waals surface area contributed by atoms with Gasteiger partial charge in [-0.05, 0) is 74.1 Å². The number of aromatic hydroxyl groups is 1. The van der Waals surface area contributed by atoms with E-state index in [-0.39, 0.29) is 61.0 Å². The summed E-state index contributed by atoms with van der Waals surface area (Å²) in [6.07, 6.45) is 2.69. The molecule has 7 N–H and O–H groups in total. The Hall–Kier alpha value is -3.98. The van der Waals surface area contributed by atoms with E-state index < -0.39 is 12.4 Å². The summed E-state index contributed by atoms with van der Waals surface area (Å²) in [7, 11) is 3.27. The summed E-state index contributed by atoms with van der Waals surface area (Å²) in [5.41, 5.74) is 10.3. The lowest BCUT2D eigenvalue weighted by Gasteiger charge is -2.39. The fourth-order valence-corrected chi connectivity index (χ4v) is 7.46. The van der Waals surface area contributed by atoms with Crippen LogP contribution >= 0.6 is 0 Å². The molecule has 49 heavy (non-hydrogen) atoms. The van der Waals surface area contributed by atoms with Crippen LogP contribution in [0.3, 0.4) is 0 Å². The van der Waals surface area contributed by atoms with Crippen LogP contribution in [-0.2, 0) is 17.6 Å². The number of Topliss-reactive ketones (excluding diaryl/α,β-unsaturated/α-hetero) is 1. The van der Waals surface area contributed by atoms with Crippen molar-refractivity contribution < 1.29 is 34.3 Å². The van der Waals surface area contributed by atoms with Gasteiger partial charge in [-0.3, -0.25) is 15.1 Å². The quantitative estimate of drug-likeness (QED) is 0.0994. The number of fused-ring (bicyclic) bond motifs is 2. The molecule has 0 radical (unpaired) electrons. The average Bonchev–Trinajstić information content (AvgIpc) is 3.23. The number of ether oxygens (including phenoxy) is 3. The van der Waals surface area contributed by atoms with E-state index in [9.17, 15) is 20.1 Å². The van der Waals surface area contributed by atoms with Gasteiger partial charge < -0.3 is 40.6 Å². The molecule has 1 heterocycles. The lowest BCUT2D eigenvalue weighted by Crippen LogP contribution is -2.40. The molecule has 0 aromatic heterocycles. The molecular weight excluding hydrogens is 624 g/mol. The van der Waals surface area contributed by atoms with Gasteiger partial charge in [0.2, 0.25) is 6.29 Å². The predicted octanol–water partition coefficient (Wildman–Crippen LogP) is 3.84. The molecular formula is C38H52N4O7. The minimum absolute atomic E-state index is 0.0218. The zero-order chi connectivity index (χ0) is 35.1. The Bertz CT molecular complexity index is 1580. The average molecular weight is 677 g/mol. The number of carbonyl (C=O) groups excluding carboxylic acids is 1. The lowest BCUT2D eigenvalue weighted by molar-refractivity contribution is -0.121. The van der Waals surface area contributed by atoms with E-state index in [1.165, 1.54) is 7.11 Å². The maximum atomic E-state index is 13.1. The zero-order valence-electron chi connectivity index (χ0n) is 29.2. The molecule has 2 bridgehead atoms. The molecule has 0 spiro atoms. The van der Waals surface area contributed by atoms with Crippen LogP contribution in [0.15, 0.2) is 23.2 Å². The smallest absolute Gasteiger partial charge is 0.201 e. The number of nitrogens with two attached hydrogens (primary N) is 1. The van der Waals surface area contributed by atoms with Crippen molar-refractivity contribution in [1.82, 2.24) is 10.6 Å². The summed E-state index contributed by atoms with van der Waals surface area (Å²) in [6.45, 7) is 5.55. The summed E-state index contributed by atoms with van der Waals surface area (Å²) < 4.78 is 18.2. The van der Waals surface area contributed by atoms with E-state index >= 15 is 0 Å². The summed E-state index contributed by atoms with van der Waals surface area (Å²) in [4.78, 5) is 17.5. The molecule has 2 aromatic carbocycles. The number of hydrogen-bond acceptors (Lipinski definition) is 9. The highest BCUT2D eigenvalue weighted by Gasteiger charge is 2.43. The van der Waals surface area contributed by atoms with Crippen molar-refractivity contribution in [3.8, 4) is 34.8 Å². The van der Waals surface area contributed by atoms with Gasteiger partial charge in [0.05, 0.1) is 18.8 Å². The second-order valence-corrected chi connectivity index (χ2v) is 13.8. The van der Waals surface area contributed by atoms with Gasteiger partial charge in [-0.15, -0.1) is 0 Å². The molecule has 11 nitrogen and oxygen atoms in total. The monoisotopic (exact) mass is 676 g/mol. The normalized spacial score (nSPS) is 23.9. The maximum Gasteiger partial charge on any atom is 0.201 e. The van der Waals surface area contributed by atoms with E-state index in [1.54, 1.807) is 19.2 Å². The minimum atomic E-state index is -1.08. The molecule has 11 heteroatoms. The largest absolute Gasteiger partial charge is 0.504 e. The molecule has 5 rings (SSSR count). The Labute approximate surface area is 289 Å². The molecule has 5 atom stereocenters. The van der Waals surface area contributed by atoms with Gasteiger partial charge in [-0.2, -0.15) is 0 Å². The number of hydrogen-bond donors (Lipinski definition) is 6. The number of nitrogens with one attached hydrogen (secondary N) is 2. The number of phenols is 1. The molecule has 266 valence electrons. The van der Waals surface area contributed by atoms with Crippen LogP contribution < -0.4 is 30.6 Å². The number of aliphatic hydroxyl groups is 2. The summed E-state index contributed by atoms with van der Waals surface area (Å²) in [6, 6.07) is 5.44. The third kappa shape index (κ3) is 8.61. The van der Waals surface area contributed by atoms with Crippen molar-refractivity contribution in [3.63, 3.8) is 0 Å². The number of carbonyl (C=O) groups is 1. The SMILES string of the molecule is CNCOc1c2cc3c4c1O[C@H](O)[C@@H](CCNC(N)=NCC(C)C)[C@@H]4CCC[C@@H]3C[C@@H](O)CC(=O)CCc1ccc(O)c(OC)c1C#CC2. The fraction of sp³-hybridized carbons (Fsp3) is 0.579. The minimum Gasteiger partial charge on any atom is -0.504 e. The maximum absolute atomic E-state index is 13.1. The van der Waals surface area contributed by atoms with Crippen molar-refractivity contribution in [2.24, 2.45) is 22.6 Å². The van der Waals surface area contributed by atoms with E-state index in [4.69, 9.17) is 19.9 Å². The number of guanidine groups is 1. The molecule has 0 saturated carbocycles. The first-order chi connectivity index (χ1) is 23.6. The number of phenolic OH excluding ortho intramolecular Hbond substituents is 1. The highest BCUT2D eigenvalue weighted by atomic mass is 16.6. The van der Waals surface area contributed by atoms with Gasteiger partial charge in [0.25, 0.3) is 0 Å². The first-order valence-corrected chi connectivity index (χ1v) is 17.5. The Morgan fingerprint density at radius 2 is 2.00 bits per heavy atom. The summed E-state index contributed by atoms with van der Waals surface area (Å²) in [5.74, 6) is 8.25. The van der Waals surface area contributed by atoms with Crippen LogP contribution in [0.25, 0.3) is 0 Å². The van der Waals surface area contributed by atoms with Crippen molar-refractivity contribution in [1.29, 1.82) is 0 Å². The number of ketones is 1. The molecule has 2 aromatic rings. The van der Waals surface area contributed by atoms with Gasteiger partial charge in [0.15, 0.2) is 29.0 Å². The Morgan fingerprint density at radius 1 is 1.18 bits per heavy atom. The van der Waals surface area contributed by atoms with E-state index in [0.717, 1.165) is 41.5 Å². The van der Waals surface area contributed by atoms with E-state index in [1.807, 2.05) is 0 Å². The summed E-state index contributed by atoms with van der Waals surface area (Å²) in [5, 5.41) is 39.6. The first-order valence-electron chi connectivity index (χ1n) is 17.5. The Balaban J connectivity index is 1.59. The highest BCUT2D eigenvalue weighted by Crippen LogP contribution is 2.55. The van der Waals surface area contributed by atoms with Crippen LogP contribution in [-0.4, -0.2) is 73.4 Å². The van der Waals surface area contributed by atoms with Gasteiger partial charge in [0.1, 0.15) is 12.5 Å². The zero-order valence-corrected chi connectivity index (χ0v) is 29.2. The van der Waals surface area contributed by atoms with Gasteiger partial charge in [-0.1, -0.05) is 44.2 Å². The number of nitrogens with zero attached hydrogens (tertiary/aromatic N) is 1. The van der Waals surface area contributed by atoms with Gasteiger partial charge in [0, 0.05) is 49.4 Å². The highest BCUT2D eigenvalue weighted by molar-refractivity contribution is 5.79. The van der Waals surface area contributed by atoms with E-state index in [2.05, 4.69) is 47.4 Å². The third-order valence-electron chi connectivity index (χ3n) is 9.77. The standard InChI is InChI=1S/C38H52N4O7/c1-22(2)20-42-38(39)41-16-15-30-29-10-5-7-24-17-27(44)19-26(43)13-11-23-12-14-32(45)35(47-4)28(23)9-6-8-25-18-31(24)33(29)36(49-37(30)46)34(25)48-21-40-3/h12,14,18,22,24,27,29-30,37,40,44-46H,5,7-8,10-11,13,15-17,19-21H2,1-4H3,(H3,39,41,42)/t24-,27-,29+,30+,37+/m1/s1. The molecule has 2 aliphatic carbocycles. The summed E-state index contributed by atoms with van der Waals surface area (Å²) >= 11 is 0. The second-order valence-electron chi connectivity index (χ2n) is 13.8. The molecule has 3 aliphatic rings. The second kappa shape index (κ2) is 16.6. The van der Waals surface area contributed by atoms with Crippen LogP contribution in [0.5, 0.6) is 23.0 Å². The third-order valence-corrected chi connectivity index (χ3v) is 9.77. The number of benzene rings is 2. The van der Waals surface area contributed by atoms with Crippen molar-refractivity contribution in [2.75, 3.05) is 34.0 Å². The molecule has 0 fully saturated rings. The lowest BCUT2D eigenvalue weighted by atomic mass is 9.75.